The Hall–Kier alpha value is -1.06. The molecule has 1 amide bonds. The van der Waals surface area contributed by atoms with Gasteiger partial charge in [-0.15, -0.1) is 0 Å². The van der Waals surface area contributed by atoms with E-state index in [1.807, 2.05) is 13.8 Å². The summed E-state index contributed by atoms with van der Waals surface area (Å²) in [5.74, 6) is -0.520. The first-order valence-electron chi connectivity index (χ1n) is 7.51. The van der Waals surface area contributed by atoms with Crippen molar-refractivity contribution in [1.82, 2.24) is 4.90 Å². The van der Waals surface area contributed by atoms with Crippen LogP contribution in [-0.4, -0.2) is 35.0 Å². The molecule has 4 nitrogen and oxygen atoms in total. The maximum absolute atomic E-state index is 12.5. The van der Waals surface area contributed by atoms with Gasteiger partial charge in [-0.3, -0.25) is 9.59 Å². The number of amides is 1. The third kappa shape index (κ3) is 6.08. The van der Waals surface area contributed by atoms with Gasteiger partial charge < -0.3 is 10.0 Å². The fourth-order valence-corrected chi connectivity index (χ4v) is 2.80. The highest BCUT2D eigenvalue weighted by atomic mass is 16.4. The Morgan fingerprint density at radius 1 is 1.11 bits per heavy atom. The average Bonchev–Trinajstić information content (AvgIpc) is 2.25. The van der Waals surface area contributed by atoms with Crippen molar-refractivity contribution in [1.29, 1.82) is 0 Å². The predicted molar refractivity (Wildman–Crippen MR) is 74.9 cm³/mol. The van der Waals surface area contributed by atoms with Crippen LogP contribution in [0.1, 0.15) is 58.8 Å². The highest BCUT2D eigenvalue weighted by Gasteiger charge is 2.26. The van der Waals surface area contributed by atoms with Crippen LogP contribution in [0.4, 0.5) is 0 Å². The molecular formula is C15H27NO3. The number of nitrogens with zero attached hydrogens (tertiary/aromatic N) is 1. The van der Waals surface area contributed by atoms with Gasteiger partial charge >= 0.3 is 5.97 Å². The first kappa shape index (κ1) is 16.0. The average molecular weight is 269 g/mol. The topological polar surface area (TPSA) is 57.6 Å². The highest BCUT2D eigenvalue weighted by molar-refractivity contribution is 5.83. The summed E-state index contributed by atoms with van der Waals surface area (Å²) in [7, 11) is 0. The third-order valence-electron chi connectivity index (χ3n) is 3.68. The molecule has 1 aliphatic carbocycles. The van der Waals surface area contributed by atoms with E-state index in [1.54, 1.807) is 4.90 Å². The van der Waals surface area contributed by atoms with E-state index in [0.717, 1.165) is 25.7 Å². The lowest BCUT2D eigenvalue weighted by atomic mass is 9.90. The van der Waals surface area contributed by atoms with Gasteiger partial charge in [0.25, 0.3) is 0 Å². The van der Waals surface area contributed by atoms with Crippen molar-refractivity contribution >= 4 is 11.9 Å². The zero-order valence-corrected chi connectivity index (χ0v) is 12.2. The normalized spacial score (nSPS) is 17.8. The molecule has 1 saturated carbocycles. The number of rotatable bonds is 5. The van der Waals surface area contributed by atoms with Gasteiger partial charge in [0, 0.05) is 12.5 Å². The monoisotopic (exact) mass is 269 g/mol. The standard InChI is InChI=1S/C15H27NO3/c1-12(2)10-16(11-14(17)18)15(19)13-8-6-4-3-5-7-9-13/h12-13H,3-11H2,1-2H3,(H,17,18). The van der Waals surface area contributed by atoms with Crippen LogP contribution in [0, 0.1) is 11.8 Å². The van der Waals surface area contributed by atoms with Gasteiger partial charge in [-0.05, 0) is 18.8 Å². The summed E-state index contributed by atoms with van der Waals surface area (Å²) in [6.07, 6.45) is 7.71. The molecule has 0 heterocycles. The van der Waals surface area contributed by atoms with E-state index in [1.165, 1.54) is 19.3 Å². The Morgan fingerprint density at radius 3 is 2.11 bits per heavy atom. The first-order chi connectivity index (χ1) is 9.00. The molecular weight excluding hydrogens is 242 g/mol. The van der Waals surface area contributed by atoms with Gasteiger partial charge in [0.1, 0.15) is 6.54 Å². The fraction of sp³-hybridized carbons (Fsp3) is 0.867. The molecule has 1 aliphatic rings. The number of hydrogen-bond acceptors (Lipinski definition) is 2. The van der Waals surface area contributed by atoms with E-state index in [4.69, 9.17) is 5.11 Å². The summed E-state index contributed by atoms with van der Waals surface area (Å²) in [5.41, 5.74) is 0. The lowest BCUT2D eigenvalue weighted by Crippen LogP contribution is -2.42. The van der Waals surface area contributed by atoms with Gasteiger partial charge in [-0.25, -0.2) is 0 Å². The zero-order valence-electron chi connectivity index (χ0n) is 12.2. The molecule has 0 unspecified atom stereocenters. The number of carbonyl (C=O) groups excluding carboxylic acids is 1. The number of carbonyl (C=O) groups is 2. The molecule has 0 radical (unpaired) electrons. The second-order valence-electron chi connectivity index (χ2n) is 6.05. The van der Waals surface area contributed by atoms with E-state index in [9.17, 15) is 9.59 Å². The number of hydrogen-bond donors (Lipinski definition) is 1. The van der Waals surface area contributed by atoms with Crippen LogP contribution in [0.3, 0.4) is 0 Å². The summed E-state index contributed by atoms with van der Waals surface area (Å²) >= 11 is 0. The Labute approximate surface area is 116 Å². The van der Waals surface area contributed by atoms with Crippen LogP contribution in [-0.2, 0) is 9.59 Å². The number of aliphatic carboxylic acids is 1. The van der Waals surface area contributed by atoms with Crippen molar-refractivity contribution in [3.05, 3.63) is 0 Å². The molecule has 4 heteroatoms. The van der Waals surface area contributed by atoms with Crippen LogP contribution >= 0.6 is 0 Å². The maximum Gasteiger partial charge on any atom is 0.323 e. The SMILES string of the molecule is CC(C)CN(CC(=O)O)C(=O)C1CCCCCCC1. The molecule has 0 bridgehead atoms. The molecule has 0 aromatic carbocycles. The summed E-state index contributed by atoms with van der Waals surface area (Å²) < 4.78 is 0. The fourth-order valence-electron chi connectivity index (χ4n) is 2.80. The molecule has 1 N–H and O–H groups in total. The van der Waals surface area contributed by atoms with Crippen molar-refractivity contribution in [2.75, 3.05) is 13.1 Å². The van der Waals surface area contributed by atoms with Gasteiger partial charge in [-0.1, -0.05) is 46.0 Å². The Kier molecular flexibility index (Phi) is 6.89. The minimum atomic E-state index is -0.917. The smallest absolute Gasteiger partial charge is 0.323 e. The van der Waals surface area contributed by atoms with Crippen LogP contribution in [0.2, 0.25) is 0 Å². The van der Waals surface area contributed by atoms with Gasteiger partial charge in [0.2, 0.25) is 5.91 Å². The maximum atomic E-state index is 12.5. The minimum Gasteiger partial charge on any atom is -0.480 e. The van der Waals surface area contributed by atoms with Gasteiger partial charge in [0.05, 0.1) is 0 Å². The van der Waals surface area contributed by atoms with Crippen molar-refractivity contribution in [2.24, 2.45) is 11.8 Å². The second-order valence-corrected chi connectivity index (χ2v) is 6.05. The number of carboxylic acid groups (broad SMARTS) is 1. The molecule has 0 aromatic rings. The molecule has 110 valence electrons. The summed E-state index contributed by atoms with van der Waals surface area (Å²) in [6.45, 7) is 4.41. The summed E-state index contributed by atoms with van der Waals surface area (Å²) in [6, 6.07) is 0. The summed E-state index contributed by atoms with van der Waals surface area (Å²) in [4.78, 5) is 24.9. The Bertz CT molecular complexity index is 294. The molecule has 0 saturated heterocycles. The zero-order chi connectivity index (χ0) is 14.3. The van der Waals surface area contributed by atoms with Crippen molar-refractivity contribution in [3.8, 4) is 0 Å². The molecule has 0 atom stereocenters. The van der Waals surface area contributed by atoms with Crippen molar-refractivity contribution < 1.29 is 14.7 Å². The second kappa shape index (κ2) is 8.18. The Morgan fingerprint density at radius 2 is 1.63 bits per heavy atom. The van der Waals surface area contributed by atoms with E-state index >= 15 is 0 Å². The van der Waals surface area contributed by atoms with Crippen LogP contribution in [0.15, 0.2) is 0 Å². The lowest BCUT2D eigenvalue weighted by Gasteiger charge is -2.28. The molecule has 19 heavy (non-hydrogen) atoms. The number of carboxylic acids is 1. The van der Waals surface area contributed by atoms with E-state index < -0.39 is 5.97 Å². The van der Waals surface area contributed by atoms with Gasteiger partial charge in [-0.2, -0.15) is 0 Å². The third-order valence-corrected chi connectivity index (χ3v) is 3.68. The van der Waals surface area contributed by atoms with E-state index in [2.05, 4.69) is 0 Å². The highest BCUT2D eigenvalue weighted by Crippen LogP contribution is 2.24. The molecule has 0 aliphatic heterocycles. The Balaban J connectivity index is 2.63. The predicted octanol–water partition coefficient (Wildman–Crippen LogP) is 2.92. The molecule has 0 spiro atoms. The first-order valence-corrected chi connectivity index (χ1v) is 7.51. The van der Waals surface area contributed by atoms with Crippen molar-refractivity contribution in [2.45, 2.75) is 58.8 Å². The molecule has 1 rings (SSSR count). The quantitative estimate of drug-likeness (QED) is 0.835. The van der Waals surface area contributed by atoms with Crippen molar-refractivity contribution in [3.63, 3.8) is 0 Å². The largest absolute Gasteiger partial charge is 0.480 e. The molecule has 1 fully saturated rings. The van der Waals surface area contributed by atoms with Crippen LogP contribution in [0.5, 0.6) is 0 Å². The summed E-state index contributed by atoms with van der Waals surface area (Å²) in [5, 5.41) is 8.95. The van der Waals surface area contributed by atoms with Gasteiger partial charge in [0.15, 0.2) is 0 Å². The van der Waals surface area contributed by atoms with E-state index in [-0.39, 0.29) is 18.4 Å². The van der Waals surface area contributed by atoms with Crippen LogP contribution < -0.4 is 0 Å². The van der Waals surface area contributed by atoms with E-state index in [0.29, 0.717) is 12.5 Å². The molecule has 0 aromatic heterocycles. The minimum absolute atomic E-state index is 0.0402. The lowest BCUT2D eigenvalue weighted by molar-refractivity contribution is -0.147. The van der Waals surface area contributed by atoms with Crippen LogP contribution in [0.25, 0.3) is 0 Å².